The largest absolute Gasteiger partial charge is 0.336 e. The van der Waals surface area contributed by atoms with Gasteiger partial charge in [-0.05, 0) is 35.6 Å². The van der Waals surface area contributed by atoms with Crippen molar-refractivity contribution in [1.29, 1.82) is 5.41 Å². The summed E-state index contributed by atoms with van der Waals surface area (Å²) < 4.78 is 0. The quantitative estimate of drug-likeness (QED) is 0.798. The van der Waals surface area contributed by atoms with Gasteiger partial charge in [0.2, 0.25) is 0 Å². The molecule has 1 unspecified atom stereocenters. The fourth-order valence-corrected chi connectivity index (χ4v) is 2.39. The van der Waals surface area contributed by atoms with E-state index < -0.39 is 0 Å². The van der Waals surface area contributed by atoms with E-state index in [1.165, 1.54) is 23.0 Å². The number of hydrogen-bond acceptors (Lipinski definition) is 2. The Morgan fingerprint density at radius 1 is 1.32 bits per heavy atom. The molecule has 0 saturated carbocycles. The Morgan fingerprint density at radius 3 is 2.74 bits per heavy atom. The summed E-state index contributed by atoms with van der Waals surface area (Å²) in [6, 6.07) is 6.72. The second-order valence-corrected chi connectivity index (χ2v) is 5.19. The molecule has 0 bridgehead atoms. The normalized spacial score (nSPS) is 18.1. The summed E-state index contributed by atoms with van der Waals surface area (Å²) in [6.07, 6.45) is 10.6. The van der Waals surface area contributed by atoms with Crippen molar-refractivity contribution in [2.24, 2.45) is 0 Å². The van der Waals surface area contributed by atoms with Gasteiger partial charge in [-0.2, -0.15) is 0 Å². The summed E-state index contributed by atoms with van der Waals surface area (Å²) >= 11 is 0. The van der Waals surface area contributed by atoms with E-state index in [9.17, 15) is 0 Å². The molecule has 1 aliphatic rings. The van der Waals surface area contributed by atoms with Crippen molar-refractivity contribution in [1.82, 2.24) is 0 Å². The average Bonchev–Trinajstić information content (AvgIpc) is 2.46. The molecule has 1 heterocycles. The fraction of sp³-hybridized carbons (Fsp3) is 0.353. The predicted octanol–water partition coefficient (Wildman–Crippen LogP) is 4.28. The summed E-state index contributed by atoms with van der Waals surface area (Å²) in [6.45, 7) is 6.63. The highest BCUT2D eigenvalue weighted by atomic mass is 15.1. The molecule has 0 amide bonds. The van der Waals surface area contributed by atoms with Crippen LogP contribution in [0.2, 0.25) is 0 Å². The van der Waals surface area contributed by atoms with Crippen LogP contribution in [0.4, 0.5) is 5.69 Å². The Bertz CT molecular complexity index is 512. The lowest BCUT2D eigenvalue weighted by Gasteiger charge is -2.30. The number of nitrogens with one attached hydrogen (secondary N) is 1. The van der Waals surface area contributed by atoms with Crippen LogP contribution >= 0.6 is 0 Å². The van der Waals surface area contributed by atoms with Gasteiger partial charge < -0.3 is 10.3 Å². The van der Waals surface area contributed by atoms with Crippen molar-refractivity contribution in [3.63, 3.8) is 0 Å². The topological polar surface area (TPSA) is 27.1 Å². The molecule has 0 fully saturated rings. The zero-order chi connectivity index (χ0) is 13.8. The van der Waals surface area contributed by atoms with Crippen molar-refractivity contribution in [2.45, 2.75) is 39.2 Å². The standard InChI is InChI=1S/C17H22N2/c1-4-14-11-15(13(2)3)8-9-17(14)19-10-6-5-7-16(19)12-18/h5-13,16,18H,4H2,1-3H3. The SMILES string of the molecule is CCc1cc(C(C)C)ccc1N1C=CC=CC1C=N. The van der Waals surface area contributed by atoms with E-state index in [0.29, 0.717) is 5.92 Å². The first-order valence-corrected chi connectivity index (χ1v) is 6.94. The van der Waals surface area contributed by atoms with Gasteiger partial charge in [-0.3, -0.25) is 0 Å². The van der Waals surface area contributed by atoms with Crippen LogP contribution in [-0.2, 0) is 6.42 Å². The summed E-state index contributed by atoms with van der Waals surface area (Å²) in [5, 5.41) is 7.56. The minimum atomic E-state index is 0.0280. The number of allylic oxidation sites excluding steroid dienone is 2. The molecular formula is C17H22N2. The van der Waals surface area contributed by atoms with Crippen LogP contribution in [0, 0.1) is 5.41 Å². The molecule has 1 aromatic carbocycles. The smallest absolute Gasteiger partial charge is 0.0867 e. The lowest BCUT2D eigenvalue weighted by Crippen LogP contribution is -2.32. The Kier molecular flexibility index (Phi) is 4.20. The molecule has 2 heteroatoms. The maximum absolute atomic E-state index is 7.56. The van der Waals surface area contributed by atoms with Crippen molar-refractivity contribution < 1.29 is 0 Å². The lowest BCUT2D eigenvalue weighted by molar-refractivity contribution is 0.859. The summed E-state index contributed by atoms with van der Waals surface area (Å²) in [5.41, 5.74) is 3.93. The Labute approximate surface area is 116 Å². The molecule has 0 aliphatic carbocycles. The van der Waals surface area contributed by atoms with E-state index in [4.69, 9.17) is 5.41 Å². The second kappa shape index (κ2) is 5.87. The molecule has 1 N–H and O–H groups in total. The Hall–Kier alpha value is -1.83. The lowest BCUT2D eigenvalue weighted by atomic mass is 9.97. The van der Waals surface area contributed by atoms with Gasteiger partial charge in [0.1, 0.15) is 0 Å². The molecular weight excluding hydrogens is 232 g/mol. The van der Waals surface area contributed by atoms with Crippen LogP contribution < -0.4 is 4.90 Å². The molecule has 100 valence electrons. The third-order valence-corrected chi connectivity index (χ3v) is 3.59. The van der Waals surface area contributed by atoms with Gasteiger partial charge in [0.15, 0.2) is 0 Å². The van der Waals surface area contributed by atoms with Crippen molar-refractivity contribution in [2.75, 3.05) is 4.90 Å². The van der Waals surface area contributed by atoms with Gasteiger partial charge in [0.25, 0.3) is 0 Å². The van der Waals surface area contributed by atoms with E-state index in [1.807, 2.05) is 18.2 Å². The van der Waals surface area contributed by atoms with E-state index in [1.54, 1.807) is 0 Å². The molecule has 0 saturated heterocycles. The van der Waals surface area contributed by atoms with Crippen LogP contribution in [0.15, 0.2) is 42.6 Å². The van der Waals surface area contributed by atoms with Gasteiger partial charge in [0, 0.05) is 18.1 Å². The molecule has 0 spiro atoms. The third kappa shape index (κ3) is 2.78. The summed E-state index contributed by atoms with van der Waals surface area (Å²) in [7, 11) is 0. The molecule has 19 heavy (non-hydrogen) atoms. The highest BCUT2D eigenvalue weighted by molar-refractivity contribution is 5.74. The van der Waals surface area contributed by atoms with E-state index in [2.05, 4.69) is 50.1 Å². The Morgan fingerprint density at radius 2 is 2.11 bits per heavy atom. The van der Waals surface area contributed by atoms with Crippen LogP contribution in [0.1, 0.15) is 37.8 Å². The van der Waals surface area contributed by atoms with E-state index in [0.717, 1.165) is 6.42 Å². The minimum absolute atomic E-state index is 0.0280. The van der Waals surface area contributed by atoms with Crippen LogP contribution in [-0.4, -0.2) is 12.3 Å². The van der Waals surface area contributed by atoms with Crippen LogP contribution in [0.3, 0.4) is 0 Å². The summed E-state index contributed by atoms with van der Waals surface area (Å²) in [5.74, 6) is 0.551. The number of anilines is 1. The maximum atomic E-state index is 7.56. The third-order valence-electron chi connectivity index (χ3n) is 3.59. The number of rotatable bonds is 4. The van der Waals surface area contributed by atoms with Gasteiger partial charge in [-0.1, -0.05) is 45.1 Å². The van der Waals surface area contributed by atoms with Gasteiger partial charge in [-0.25, -0.2) is 0 Å². The number of aryl methyl sites for hydroxylation is 1. The molecule has 1 atom stereocenters. The predicted molar refractivity (Wildman–Crippen MR) is 83.2 cm³/mol. The van der Waals surface area contributed by atoms with Crippen molar-refractivity contribution >= 4 is 11.9 Å². The second-order valence-electron chi connectivity index (χ2n) is 5.19. The van der Waals surface area contributed by atoms with Gasteiger partial charge in [-0.15, -0.1) is 0 Å². The summed E-state index contributed by atoms with van der Waals surface area (Å²) in [4.78, 5) is 2.16. The molecule has 0 radical (unpaired) electrons. The molecule has 0 aromatic heterocycles. The zero-order valence-electron chi connectivity index (χ0n) is 11.9. The number of nitrogens with zero attached hydrogens (tertiary/aromatic N) is 1. The average molecular weight is 254 g/mol. The first kappa shape index (κ1) is 13.6. The first-order chi connectivity index (χ1) is 9.17. The highest BCUT2D eigenvalue weighted by Gasteiger charge is 2.17. The van der Waals surface area contributed by atoms with Gasteiger partial charge in [0.05, 0.1) is 6.04 Å². The van der Waals surface area contributed by atoms with E-state index >= 15 is 0 Å². The minimum Gasteiger partial charge on any atom is -0.336 e. The molecule has 2 rings (SSSR count). The maximum Gasteiger partial charge on any atom is 0.0867 e. The monoisotopic (exact) mass is 254 g/mol. The van der Waals surface area contributed by atoms with Crippen LogP contribution in [0.5, 0.6) is 0 Å². The number of benzene rings is 1. The number of hydrogen-bond donors (Lipinski definition) is 1. The van der Waals surface area contributed by atoms with Crippen molar-refractivity contribution in [3.05, 3.63) is 53.8 Å². The fourth-order valence-electron chi connectivity index (χ4n) is 2.39. The molecule has 2 nitrogen and oxygen atoms in total. The molecule has 1 aliphatic heterocycles. The zero-order valence-corrected chi connectivity index (χ0v) is 11.9. The first-order valence-electron chi connectivity index (χ1n) is 6.94. The van der Waals surface area contributed by atoms with Gasteiger partial charge >= 0.3 is 0 Å². The highest BCUT2D eigenvalue weighted by Crippen LogP contribution is 2.28. The van der Waals surface area contributed by atoms with E-state index in [-0.39, 0.29) is 6.04 Å². The molecule has 1 aromatic rings. The van der Waals surface area contributed by atoms with Crippen molar-refractivity contribution in [3.8, 4) is 0 Å². The van der Waals surface area contributed by atoms with Crippen LogP contribution in [0.25, 0.3) is 0 Å². The Balaban J connectivity index is 2.41.